The molecule has 4 aliphatic rings. The van der Waals surface area contributed by atoms with Crippen LogP contribution < -0.4 is 0 Å². The van der Waals surface area contributed by atoms with Crippen LogP contribution >= 0.6 is 0 Å². The van der Waals surface area contributed by atoms with Crippen LogP contribution in [0.4, 0.5) is 0 Å². The highest BCUT2D eigenvalue weighted by Gasteiger charge is 2.63. The number of hydrogen-bond donors (Lipinski definition) is 2. The lowest BCUT2D eigenvalue weighted by Crippen LogP contribution is -2.60. The highest BCUT2D eigenvalue weighted by Crippen LogP contribution is 2.67. The first kappa shape index (κ1) is 27.6. The Labute approximate surface area is 219 Å². The molecule has 2 N–H and O–H groups in total. The molecule has 0 unspecified atom stereocenters. The van der Waals surface area contributed by atoms with Gasteiger partial charge in [-0.1, -0.05) is 66.7 Å². The van der Waals surface area contributed by atoms with Gasteiger partial charge in [0.2, 0.25) is 0 Å². The average Bonchev–Trinajstić information content (AvgIpc) is 3.15. The molecule has 4 heteroatoms. The molecule has 36 heavy (non-hydrogen) atoms. The second-order valence-electron chi connectivity index (χ2n) is 13.8. The van der Waals surface area contributed by atoms with Gasteiger partial charge in [-0.25, -0.2) is 0 Å². The Balaban J connectivity index is 1.76. The second kappa shape index (κ2) is 9.42. The fourth-order valence-corrected chi connectivity index (χ4v) is 8.91. The Hall–Kier alpha value is -1.39. The van der Waals surface area contributed by atoms with E-state index < -0.39 is 17.6 Å². The van der Waals surface area contributed by atoms with Crippen LogP contribution in [0.5, 0.6) is 0 Å². The van der Waals surface area contributed by atoms with Crippen molar-refractivity contribution in [2.45, 2.75) is 119 Å². The zero-order valence-corrected chi connectivity index (χ0v) is 24.0. The molecule has 0 heterocycles. The van der Waals surface area contributed by atoms with E-state index >= 15 is 0 Å². The highest BCUT2D eigenvalue weighted by molar-refractivity contribution is 5.67. The Morgan fingerprint density at radius 2 is 1.83 bits per heavy atom. The molecular weight excluding hydrogens is 448 g/mol. The van der Waals surface area contributed by atoms with E-state index in [0.717, 1.165) is 50.5 Å². The first-order chi connectivity index (χ1) is 16.7. The van der Waals surface area contributed by atoms with Gasteiger partial charge in [0, 0.05) is 12.3 Å². The predicted molar refractivity (Wildman–Crippen MR) is 145 cm³/mol. The van der Waals surface area contributed by atoms with Gasteiger partial charge in [0.05, 0.1) is 6.10 Å². The van der Waals surface area contributed by atoms with E-state index in [1.807, 2.05) is 0 Å². The van der Waals surface area contributed by atoms with E-state index in [4.69, 9.17) is 4.74 Å². The zero-order chi connectivity index (χ0) is 26.8. The van der Waals surface area contributed by atoms with Gasteiger partial charge in [0.25, 0.3) is 0 Å². The van der Waals surface area contributed by atoms with Gasteiger partial charge >= 0.3 is 5.97 Å². The normalized spacial score (nSPS) is 40.2. The van der Waals surface area contributed by atoms with Crippen LogP contribution in [0.2, 0.25) is 0 Å². The minimum absolute atomic E-state index is 0.213. The van der Waals surface area contributed by atoms with E-state index in [1.165, 1.54) is 23.6 Å². The Morgan fingerprint density at radius 1 is 1.17 bits per heavy atom. The van der Waals surface area contributed by atoms with Crippen LogP contribution in [0.25, 0.3) is 0 Å². The molecule has 0 aromatic rings. The Kier molecular flexibility index (Phi) is 7.23. The third-order valence-corrected chi connectivity index (χ3v) is 11.2. The number of carbonyl (C=O) groups is 1. The van der Waals surface area contributed by atoms with Crippen molar-refractivity contribution in [3.63, 3.8) is 0 Å². The fraction of sp³-hybridized carbons (Fsp3) is 0.781. The first-order valence-electron chi connectivity index (χ1n) is 14.3. The molecule has 1 saturated carbocycles. The molecule has 4 rings (SSSR count). The van der Waals surface area contributed by atoms with Crippen LogP contribution in [0.1, 0.15) is 100 Å². The summed E-state index contributed by atoms with van der Waals surface area (Å²) in [6.45, 7) is 21.4. The summed E-state index contributed by atoms with van der Waals surface area (Å²) in [7, 11) is 0. The lowest BCUT2D eigenvalue weighted by atomic mass is 9.45. The molecule has 0 bridgehead atoms. The number of fused-ring (bicyclic) bond motifs is 4. The van der Waals surface area contributed by atoms with Crippen LogP contribution in [-0.2, 0) is 9.53 Å². The molecular formula is C32H50O4. The van der Waals surface area contributed by atoms with E-state index in [2.05, 4.69) is 61.1 Å². The molecule has 202 valence electrons. The van der Waals surface area contributed by atoms with Gasteiger partial charge in [-0.15, -0.1) is 0 Å². The van der Waals surface area contributed by atoms with Crippen molar-refractivity contribution >= 4 is 5.97 Å². The van der Waals surface area contributed by atoms with Gasteiger partial charge in [-0.2, -0.15) is 0 Å². The lowest BCUT2D eigenvalue weighted by molar-refractivity contribution is -0.168. The standard InChI is InChI=1S/C32H50O4/c1-18(2)19(3)10-11-20(4)23-13-14-24-22-12-15-25-30(6,7)26(34)16-17-31(25,8)27(22)28(35)29(32(23,24)9)36-21(5)33/h14,18,20,23,25-26,28-29,34-35H,3,10-13,15-17H2,1-2,4-9H3/t20-,23-,25+,26+,28+,29-,31+,32-/m1/s1. The number of aliphatic hydroxyl groups is 2. The number of esters is 1. The largest absolute Gasteiger partial charge is 0.458 e. The quantitative estimate of drug-likeness (QED) is 0.313. The van der Waals surface area contributed by atoms with Gasteiger partial charge in [0.15, 0.2) is 0 Å². The van der Waals surface area contributed by atoms with Crippen LogP contribution in [0, 0.1) is 39.9 Å². The molecule has 8 atom stereocenters. The highest BCUT2D eigenvalue weighted by atomic mass is 16.6. The van der Waals surface area contributed by atoms with Gasteiger partial charge in [-0.05, 0) is 96.2 Å². The summed E-state index contributed by atoms with van der Waals surface area (Å²) < 4.78 is 6.08. The molecule has 1 fully saturated rings. The number of aliphatic hydroxyl groups excluding tert-OH is 2. The van der Waals surface area contributed by atoms with Crippen molar-refractivity contribution in [3.8, 4) is 0 Å². The van der Waals surface area contributed by atoms with Crippen molar-refractivity contribution in [3.05, 3.63) is 34.9 Å². The van der Waals surface area contributed by atoms with Crippen molar-refractivity contribution < 1.29 is 19.7 Å². The van der Waals surface area contributed by atoms with E-state index in [9.17, 15) is 15.0 Å². The van der Waals surface area contributed by atoms with Crippen molar-refractivity contribution in [2.24, 2.45) is 39.9 Å². The molecule has 0 saturated heterocycles. The number of allylic oxidation sites excluding steroid dienone is 3. The monoisotopic (exact) mass is 498 g/mol. The Morgan fingerprint density at radius 3 is 2.44 bits per heavy atom. The molecule has 4 aliphatic carbocycles. The minimum Gasteiger partial charge on any atom is -0.458 e. The van der Waals surface area contributed by atoms with Gasteiger partial charge in [0.1, 0.15) is 12.2 Å². The van der Waals surface area contributed by atoms with Crippen molar-refractivity contribution in [1.82, 2.24) is 0 Å². The SMILES string of the molecule is C=C(CC[C@@H](C)[C@H]1CC=C2C3=C([C@H](O)[C@@H](OC(C)=O)[C@@]21C)[C@@]1(C)CC[C@H](O)C(C)(C)[C@@H]1CC3)C(C)C. The van der Waals surface area contributed by atoms with Gasteiger partial charge < -0.3 is 14.9 Å². The summed E-state index contributed by atoms with van der Waals surface area (Å²) in [5.41, 5.74) is 4.18. The maximum atomic E-state index is 12.4. The summed E-state index contributed by atoms with van der Waals surface area (Å²) in [5, 5.41) is 23.0. The minimum atomic E-state index is -0.816. The van der Waals surface area contributed by atoms with Crippen molar-refractivity contribution in [2.75, 3.05) is 0 Å². The Bertz CT molecular complexity index is 971. The molecule has 0 amide bonds. The molecule has 0 radical (unpaired) electrons. The van der Waals surface area contributed by atoms with E-state index in [0.29, 0.717) is 17.8 Å². The number of carbonyl (C=O) groups excluding carboxylic acids is 1. The maximum Gasteiger partial charge on any atom is 0.303 e. The maximum absolute atomic E-state index is 12.4. The molecule has 0 aromatic heterocycles. The number of hydrogen-bond acceptors (Lipinski definition) is 4. The first-order valence-corrected chi connectivity index (χ1v) is 14.3. The zero-order valence-electron chi connectivity index (χ0n) is 24.0. The molecule has 0 spiro atoms. The topological polar surface area (TPSA) is 66.8 Å². The van der Waals surface area contributed by atoms with E-state index in [1.54, 1.807) is 0 Å². The number of rotatable bonds is 6. The lowest BCUT2D eigenvalue weighted by Gasteiger charge is -2.61. The molecule has 0 aliphatic heterocycles. The number of ether oxygens (including phenoxy) is 1. The average molecular weight is 499 g/mol. The third kappa shape index (κ3) is 4.06. The summed E-state index contributed by atoms with van der Waals surface area (Å²) in [6.07, 6.45) is 7.21. The second-order valence-corrected chi connectivity index (χ2v) is 13.8. The molecule has 4 nitrogen and oxygen atoms in total. The fourth-order valence-electron chi connectivity index (χ4n) is 8.91. The summed E-state index contributed by atoms with van der Waals surface area (Å²) in [5.74, 6) is 1.16. The van der Waals surface area contributed by atoms with Crippen LogP contribution in [0.15, 0.2) is 34.9 Å². The third-order valence-electron chi connectivity index (χ3n) is 11.2. The van der Waals surface area contributed by atoms with Crippen LogP contribution in [-0.4, -0.2) is 34.5 Å². The van der Waals surface area contributed by atoms with Crippen molar-refractivity contribution in [1.29, 1.82) is 0 Å². The van der Waals surface area contributed by atoms with Crippen LogP contribution in [0.3, 0.4) is 0 Å². The molecule has 0 aromatic carbocycles. The smallest absolute Gasteiger partial charge is 0.303 e. The summed E-state index contributed by atoms with van der Waals surface area (Å²) >= 11 is 0. The predicted octanol–water partition coefficient (Wildman–Crippen LogP) is 6.77. The summed E-state index contributed by atoms with van der Waals surface area (Å²) in [6, 6.07) is 0. The van der Waals surface area contributed by atoms with E-state index in [-0.39, 0.29) is 28.8 Å². The summed E-state index contributed by atoms with van der Waals surface area (Å²) in [4.78, 5) is 12.4. The van der Waals surface area contributed by atoms with Gasteiger partial charge in [-0.3, -0.25) is 4.79 Å².